The van der Waals surface area contributed by atoms with Gasteiger partial charge in [-0.3, -0.25) is 4.79 Å². The van der Waals surface area contributed by atoms with Crippen LogP contribution in [0.2, 0.25) is 0 Å². The standard InChI is InChI=1S/C23H29NO3/c1-15(2)17-8-6-7-9-20(17)26-14-22(25)24-19-13-23(4,5)27-21-11-10-16(3)12-18(19)21/h6-12,15,19H,13-14H2,1-5H3,(H,24,25)/t19-/m1/s1. The van der Waals surface area contributed by atoms with E-state index in [1.165, 1.54) is 0 Å². The molecule has 1 atom stereocenters. The zero-order valence-corrected chi connectivity index (χ0v) is 16.8. The third-order valence-electron chi connectivity index (χ3n) is 4.86. The molecule has 0 bridgehead atoms. The second kappa shape index (κ2) is 7.63. The van der Waals surface area contributed by atoms with Gasteiger partial charge in [-0.25, -0.2) is 0 Å². The number of hydrogen-bond donors (Lipinski definition) is 1. The number of nitrogens with one attached hydrogen (secondary N) is 1. The van der Waals surface area contributed by atoms with Crippen molar-refractivity contribution in [3.8, 4) is 11.5 Å². The Morgan fingerprint density at radius 3 is 2.74 bits per heavy atom. The van der Waals surface area contributed by atoms with Gasteiger partial charge in [0.15, 0.2) is 6.61 Å². The van der Waals surface area contributed by atoms with E-state index in [-0.39, 0.29) is 24.2 Å². The van der Waals surface area contributed by atoms with Gasteiger partial charge >= 0.3 is 0 Å². The second-order valence-corrected chi connectivity index (χ2v) is 8.21. The predicted molar refractivity (Wildman–Crippen MR) is 107 cm³/mol. The number of aryl methyl sites for hydroxylation is 1. The number of carbonyl (C=O) groups is 1. The van der Waals surface area contributed by atoms with E-state index < -0.39 is 0 Å². The Hall–Kier alpha value is -2.49. The average Bonchev–Trinajstić information content (AvgIpc) is 2.60. The van der Waals surface area contributed by atoms with Crippen molar-refractivity contribution in [3.05, 3.63) is 59.2 Å². The van der Waals surface area contributed by atoms with E-state index >= 15 is 0 Å². The zero-order chi connectivity index (χ0) is 19.6. The Kier molecular flexibility index (Phi) is 5.45. The summed E-state index contributed by atoms with van der Waals surface area (Å²) in [6, 6.07) is 13.9. The molecule has 0 spiro atoms. The van der Waals surface area contributed by atoms with Crippen LogP contribution in [-0.4, -0.2) is 18.1 Å². The quantitative estimate of drug-likeness (QED) is 0.816. The molecule has 0 aromatic heterocycles. The maximum Gasteiger partial charge on any atom is 0.258 e. The maximum atomic E-state index is 12.6. The number of fused-ring (bicyclic) bond motifs is 1. The van der Waals surface area contributed by atoms with Crippen LogP contribution in [0.4, 0.5) is 0 Å². The fraction of sp³-hybridized carbons (Fsp3) is 0.435. The molecule has 0 radical (unpaired) electrons. The van der Waals surface area contributed by atoms with E-state index in [9.17, 15) is 4.79 Å². The molecule has 0 fully saturated rings. The van der Waals surface area contributed by atoms with Gasteiger partial charge in [0.05, 0.1) is 6.04 Å². The van der Waals surface area contributed by atoms with Crippen molar-refractivity contribution in [2.45, 2.75) is 58.6 Å². The minimum Gasteiger partial charge on any atom is -0.487 e. The van der Waals surface area contributed by atoms with E-state index in [0.29, 0.717) is 5.92 Å². The fourth-order valence-corrected chi connectivity index (χ4v) is 3.57. The Morgan fingerprint density at radius 1 is 1.26 bits per heavy atom. The van der Waals surface area contributed by atoms with E-state index in [4.69, 9.17) is 9.47 Å². The highest BCUT2D eigenvalue weighted by atomic mass is 16.5. The van der Waals surface area contributed by atoms with Gasteiger partial charge in [-0.05, 0) is 44.4 Å². The minimum absolute atomic E-state index is 0.00265. The van der Waals surface area contributed by atoms with E-state index in [0.717, 1.165) is 34.6 Å². The summed E-state index contributed by atoms with van der Waals surface area (Å²) in [6.45, 7) is 10.4. The molecule has 4 heteroatoms. The number of carbonyl (C=O) groups excluding carboxylic acids is 1. The lowest BCUT2D eigenvalue weighted by Crippen LogP contribution is -2.42. The van der Waals surface area contributed by atoms with Crippen molar-refractivity contribution < 1.29 is 14.3 Å². The van der Waals surface area contributed by atoms with Crippen molar-refractivity contribution in [1.29, 1.82) is 0 Å². The van der Waals surface area contributed by atoms with Crippen LogP contribution in [0.25, 0.3) is 0 Å². The highest BCUT2D eigenvalue weighted by Gasteiger charge is 2.34. The molecule has 0 saturated carbocycles. The van der Waals surface area contributed by atoms with Crippen LogP contribution in [0, 0.1) is 6.92 Å². The average molecular weight is 367 g/mol. The van der Waals surface area contributed by atoms with Crippen LogP contribution < -0.4 is 14.8 Å². The van der Waals surface area contributed by atoms with Crippen LogP contribution in [0.1, 0.15) is 62.8 Å². The molecule has 27 heavy (non-hydrogen) atoms. The predicted octanol–water partition coefficient (Wildman–Crippen LogP) is 4.92. The Bertz CT molecular complexity index is 826. The summed E-state index contributed by atoms with van der Waals surface area (Å²) in [5, 5.41) is 3.13. The first kappa shape index (κ1) is 19.3. The molecule has 2 aromatic carbocycles. The zero-order valence-electron chi connectivity index (χ0n) is 16.8. The van der Waals surface area contributed by atoms with Gasteiger partial charge in [-0.15, -0.1) is 0 Å². The monoisotopic (exact) mass is 367 g/mol. The highest BCUT2D eigenvalue weighted by Crippen LogP contribution is 2.39. The SMILES string of the molecule is Cc1ccc2c(c1)[C@H](NC(=O)COc1ccccc1C(C)C)CC(C)(C)O2. The summed E-state index contributed by atoms with van der Waals surface area (Å²) in [5.74, 6) is 1.83. The highest BCUT2D eigenvalue weighted by molar-refractivity contribution is 5.78. The lowest BCUT2D eigenvalue weighted by atomic mass is 9.89. The summed E-state index contributed by atoms with van der Waals surface area (Å²) in [7, 11) is 0. The molecule has 0 saturated heterocycles. The van der Waals surface area contributed by atoms with E-state index in [1.807, 2.05) is 57.2 Å². The van der Waals surface area contributed by atoms with Gasteiger partial charge in [0.1, 0.15) is 17.1 Å². The number of ether oxygens (including phenoxy) is 2. The van der Waals surface area contributed by atoms with Crippen molar-refractivity contribution in [2.24, 2.45) is 0 Å². The first-order valence-corrected chi connectivity index (χ1v) is 9.56. The molecular formula is C23H29NO3. The smallest absolute Gasteiger partial charge is 0.258 e. The third kappa shape index (κ3) is 4.62. The Labute approximate surface area is 161 Å². The summed E-state index contributed by atoms with van der Waals surface area (Å²) in [6.07, 6.45) is 0.720. The number of hydrogen-bond acceptors (Lipinski definition) is 3. The van der Waals surface area contributed by atoms with Gasteiger partial charge in [-0.1, -0.05) is 49.7 Å². The molecule has 1 amide bonds. The fourth-order valence-electron chi connectivity index (χ4n) is 3.57. The van der Waals surface area contributed by atoms with Gasteiger partial charge in [0.25, 0.3) is 5.91 Å². The van der Waals surface area contributed by atoms with E-state index in [1.54, 1.807) is 0 Å². The number of para-hydroxylation sites is 1. The topological polar surface area (TPSA) is 47.6 Å². The normalized spacial score (nSPS) is 17.8. The van der Waals surface area contributed by atoms with Crippen LogP contribution in [0.15, 0.2) is 42.5 Å². The van der Waals surface area contributed by atoms with Crippen LogP contribution in [0.5, 0.6) is 11.5 Å². The molecule has 2 aromatic rings. The number of rotatable bonds is 5. The molecule has 1 heterocycles. The summed E-state index contributed by atoms with van der Waals surface area (Å²) < 4.78 is 11.9. The Morgan fingerprint density at radius 2 is 2.00 bits per heavy atom. The Balaban J connectivity index is 1.70. The van der Waals surface area contributed by atoms with E-state index in [2.05, 4.69) is 25.2 Å². The maximum absolute atomic E-state index is 12.6. The number of amides is 1. The van der Waals surface area contributed by atoms with Crippen LogP contribution >= 0.6 is 0 Å². The van der Waals surface area contributed by atoms with Gasteiger partial charge in [0, 0.05) is 12.0 Å². The molecule has 1 N–H and O–H groups in total. The largest absolute Gasteiger partial charge is 0.487 e. The number of benzene rings is 2. The van der Waals surface area contributed by atoms with Gasteiger partial charge < -0.3 is 14.8 Å². The summed E-state index contributed by atoms with van der Waals surface area (Å²) in [5.41, 5.74) is 2.97. The third-order valence-corrected chi connectivity index (χ3v) is 4.86. The molecule has 0 unspecified atom stereocenters. The van der Waals surface area contributed by atoms with Crippen molar-refractivity contribution in [3.63, 3.8) is 0 Å². The van der Waals surface area contributed by atoms with Crippen molar-refractivity contribution in [2.75, 3.05) is 6.61 Å². The lowest BCUT2D eigenvalue weighted by Gasteiger charge is -2.38. The second-order valence-electron chi connectivity index (χ2n) is 8.21. The summed E-state index contributed by atoms with van der Waals surface area (Å²) in [4.78, 5) is 12.6. The molecule has 0 aliphatic carbocycles. The first-order valence-electron chi connectivity index (χ1n) is 9.56. The minimum atomic E-state index is -0.328. The molecular weight excluding hydrogens is 338 g/mol. The van der Waals surface area contributed by atoms with Crippen LogP contribution in [0.3, 0.4) is 0 Å². The van der Waals surface area contributed by atoms with Crippen molar-refractivity contribution >= 4 is 5.91 Å². The lowest BCUT2D eigenvalue weighted by molar-refractivity contribution is -0.124. The van der Waals surface area contributed by atoms with Gasteiger partial charge in [0.2, 0.25) is 0 Å². The molecule has 4 nitrogen and oxygen atoms in total. The molecule has 144 valence electrons. The molecule has 1 aliphatic rings. The van der Waals surface area contributed by atoms with Crippen LogP contribution in [-0.2, 0) is 4.79 Å². The van der Waals surface area contributed by atoms with Gasteiger partial charge in [-0.2, -0.15) is 0 Å². The molecule has 1 aliphatic heterocycles. The first-order chi connectivity index (χ1) is 12.7. The van der Waals surface area contributed by atoms with Crippen molar-refractivity contribution in [1.82, 2.24) is 5.32 Å². The summed E-state index contributed by atoms with van der Waals surface area (Å²) >= 11 is 0. The molecule has 3 rings (SSSR count).